The van der Waals surface area contributed by atoms with E-state index in [0.717, 1.165) is 60.7 Å². The Morgan fingerprint density at radius 2 is 2.07 bits per heavy atom. The Kier molecular flexibility index (Phi) is 5.39. The van der Waals surface area contributed by atoms with Gasteiger partial charge in [0.05, 0.1) is 23.5 Å². The highest BCUT2D eigenvalue weighted by molar-refractivity contribution is 7.17. The van der Waals surface area contributed by atoms with Crippen LogP contribution < -0.4 is 5.43 Å². The van der Waals surface area contributed by atoms with Gasteiger partial charge in [0.1, 0.15) is 0 Å². The molecule has 0 saturated carbocycles. The van der Waals surface area contributed by atoms with Crippen molar-refractivity contribution in [1.29, 1.82) is 0 Å². The van der Waals surface area contributed by atoms with Crippen molar-refractivity contribution in [3.63, 3.8) is 0 Å². The second kappa shape index (κ2) is 8.32. The Hall–Kier alpha value is -2.51. The Balaban J connectivity index is 1.47. The molecule has 30 heavy (non-hydrogen) atoms. The van der Waals surface area contributed by atoms with Gasteiger partial charge in [0, 0.05) is 22.7 Å². The number of hydrazone groups is 1. The maximum Gasteiger partial charge on any atom is 0.244 e. The van der Waals surface area contributed by atoms with E-state index in [9.17, 15) is 4.79 Å². The molecular weight excluding hydrogens is 394 g/mol. The number of amides is 1. The molecule has 1 unspecified atom stereocenters. The number of carbonyl (C=O) groups is 1. The normalized spacial score (nSPS) is 20.0. The predicted octanol–water partition coefficient (Wildman–Crippen LogP) is 3.73. The Labute approximate surface area is 180 Å². The van der Waals surface area contributed by atoms with Crippen molar-refractivity contribution in [2.75, 3.05) is 20.1 Å². The first kappa shape index (κ1) is 19.5. The molecule has 1 saturated heterocycles. The molecule has 2 aromatic heterocycles. The van der Waals surface area contributed by atoms with Crippen LogP contribution in [0.25, 0.3) is 16.2 Å². The van der Waals surface area contributed by atoms with Crippen LogP contribution in [0.2, 0.25) is 0 Å². The van der Waals surface area contributed by atoms with Gasteiger partial charge < -0.3 is 4.90 Å². The lowest BCUT2D eigenvalue weighted by Crippen LogP contribution is -2.40. The summed E-state index contributed by atoms with van der Waals surface area (Å²) in [5.41, 5.74) is 7.10. The topological polar surface area (TPSA) is 62.0 Å². The van der Waals surface area contributed by atoms with Gasteiger partial charge in [0.15, 0.2) is 4.96 Å². The zero-order valence-electron chi connectivity index (χ0n) is 17.3. The predicted molar refractivity (Wildman–Crippen MR) is 121 cm³/mol. The summed E-state index contributed by atoms with van der Waals surface area (Å²) in [6.45, 7) is 1.86. The number of aromatic nitrogens is 2. The van der Waals surface area contributed by atoms with Gasteiger partial charge in [0.2, 0.25) is 5.91 Å². The second-order valence-electron chi connectivity index (χ2n) is 8.34. The van der Waals surface area contributed by atoms with Gasteiger partial charge in [0.25, 0.3) is 0 Å². The summed E-state index contributed by atoms with van der Waals surface area (Å²) in [7, 11) is 2.07. The molecule has 1 aliphatic carbocycles. The number of aryl methyl sites for hydroxylation is 2. The molecule has 1 N–H and O–H groups in total. The summed E-state index contributed by atoms with van der Waals surface area (Å²) >= 11 is 1.79. The van der Waals surface area contributed by atoms with Crippen LogP contribution in [0.4, 0.5) is 0 Å². The number of hydrogen-bond donors (Lipinski definition) is 1. The zero-order valence-corrected chi connectivity index (χ0v) is 18.1. The van der Waals surface area contributed by atoms with Crippen molar-refractivity contribution >= 4 is 28.4 Å². The molecule has 0 bridgehead atoms. The number of carbonyl (C=O) groups excluding carboxylic acids is 1. The molecule has 1 fully saturated rings. The lowest BCUT2D eigenvalue weighted by molar-refractivity contribution is -0.126. The van der Waals surface area contributed by atoms with Gasteiger partial charge >= 0.3 is 0 Å². The first-order chi connectivity index (χ1) is 14.7. The van der Waals surface area contributed by atoms with E-state index in [1.807, 2.05) is 18.2 Å². The molecule has 2 aliphatic rings. The molecule has 1 aliphatic heterocycles. The van der Waals surface area contributed by atoms with Crippen molar-refractivity contribution in [1.82, 2.24) is 19.7 Å². The van der Waals surface area contributed by atoms with E-state index in [1.165, 1.54) is 23.4 Å². The highest BCUT2D eigenvalue weighted by Crippen LogP contribution is 2.34. The van der Waals surface area contributed by atoms with Gasteiger partial charge in [-0.3, -0.25) is 9.20 Å². The van der Waals surface area contributed by atoms with Crippen molar-refractivity contribution < 1.29 is 4.79 Å². The van der Waals surface area contributed by atoms with Crippen LogP contribution >= 0.6 is 11.3 Å². The van der Waals surface area contributed by atoms with E-state index in [2.05, 4.69) is 39.0 Å². The van der Waals surface area contributed by atoms with Crippen molar-refractivity contribution in [2.45, 2.75) is 38.5 Å². The van der Waals surface area contributed by atoms with E-state index in [0.29, 0.717) is 0 Å². The third-order valence-electron chi connectivity index (χ3n) is 6.16. The fraction of sp³-hybridized carbons (Fsp3) is 0.435. The lowest BCUT2D eigenvalue weighted by Gasteiger charge is -2.28. The highest BCUT2D eigenvalue weighted by atomic mass is 32.1. The highest BCUT2D eigenvalue weighted by Gasteiger charge is 2.24. The van der Waals surface area contributed by atoms with Crippen LogP contribution in [0.3, 0.4) is 0 Å². The molecule has 0 spiro atoms. The molecule has 156 valence electrons. The standard InChI is InChI=1S/C23H27N5OS/c1-27-13-7-10-17(15-27)22(29)26-24-14-19-21(16-8-3-2-4-9-16)25-23-28(19)18-11-5-6-12-20(18)30-23/h2-4,8-9,14,17H,5-7,10-13,15H2,1H3,(H,26,29)/b24-14-. The number of imidazole rings is 1. The number of benzene rings is 1. The van der Waals surface area contributed by atoms with Crippen LogP contribution in [0.15, 0.2) is 35.4 Å². The second-order valence-corrected chi connectivity index (χ2v) is 9.41. The molecule has 1 aromatic carbocycles. The van der Waals surface area contributed by atoms with Gasteiger partial charge in [-0.05, 0) is 52.1 Å². The van der Waals surface area contributed by atoms with E-state index in [-0.39, 0.29) is 11.8 Å². The number of piperidine rings is 1. The molecule has 5 rings (SSSR count). The quantitative estimate of drug-likeness (QED) is 0.516. The Morgan fingerprint density at radius 3 is 2.90 bits per heavy atom. The molecular formula is C23H27N5OS. The number of rotatable bonds is 4. The molecule has 0 radical (unpaired) electrons. The zero-order chi connectivity index (χ0) is 20.5. The fourth-order valence-electron chi connectivity index (χ4n) is 4.62. The largest absolute Gasteiger partial charge is 0.306 e. The lowest BCUT2D eigenvalue weighted by atomic mass is 9.98. The molecule has 7 heteroatoms. The molecule has 1 atom stereocenters. The van der Waals surface area contributed by atoms with Crippen LogP contribution in [0, 0.1) is 5.92 Å². The monoisotopic (exact) mass is 421 g/mol. The molecule has 6 nitrogen and oxygen atoms in total. The number of nitrogens with zero attached hydrogens (tertiary/aromatic N) is 4. The van der Waals surface area contributed by atoms with Crippen LogP contribution in [0.5, 0.6) is 0 Å². The van der Waals surface area contributed by atoms with Gasteiger partial charge in [-0.2, -0.15) is 5.10 Å². The van der Waals surface area contributed by atoms with Gasteiger partial charge in [-0.15, -0.1) is 11.3 Å². The minimum absolute atomic E-state index is 0.00664. The molecule has 1 amide bonds. The summed E-state index contributed by atoms with van der Waals surface area (Å²) in [6.07, 6.45) is 8.43. The summed E-state index contributed by atoms with van der Waals surface area (Å²) in [4.78, 5) is 22.2. The first-order valence-electron chi connectivity index (χ1n) is 10.8. The summed E-state index contributed by atoms with van der Waals surface area (Å²) in [6, 6.07) is 10.2. The Bertz CT molecular complexity index is 1080. The van der Waals surface area contributed by atoms with E-state index >= 15 is 0 Å². The smallest absolute Gasteiger partial charge is 0.244 e. The minimum atomic E-state index is 0.00664. The summed E-state index contributed by atoms with van der Waals surface area (Å²) < 4.78 is 2.26. The summed E-state index contributed by atoms with van der Waals surface area (Å²) in [5.74, 6) is 0.0148. The minimum Gasteiger partial charge on any atom is -0.306 e. The number of thiazole rings is 1. The van der Waals surface area contributed by atoms with Gasteiger partial charge in [-0.25, -0.2) is 10.4 Å². The van der Waals surface area contributed by atoms with Gasteiger partial charge in [-0.1, -0.05) is 30.3 Å². The fourth-order valence-corrected chi connectivity index (χ4v) is 5.83. The number of likely N-dealkylation sites (tertiary alicyclic amines) is 1. The average Bonchev–Trinajstić information content (AvgIpc) is 3.31. The van der Waals surface area contributed by atoms with E-state index < -0.39 is 0 Å². The van der Waals surface area contributed by atoms with E-state index in [1.54, 1.807) is 17.6 Å². The number of nitrogens with one attached hydrogen (secondary N) is 1. The molecule has 3 heterocycles. The van der Waals surface area contributed by atoms with Crippen molar-refractivity contribution in [3.8, 4) is 11.3 Å². The van der Waals surface area contributed by atoms with Crippen LogP contribution in [-0.2, 0) is 17.6 Å². The number of fused-ring (bicyclic) bond motifs is 3. The van der Waals surface area contributed by atoms with Crippen molar-refractivity contribution in [2.24, 2.45) is 11.0 Å². The first-order valence-corrected chi connectivity index (χ1v) is 11.6. The number of hydrogen-bond acceptors (Lipinski definition) is 5. The third-order valence-corrected chi connectivity index (χ3v) is 7.30. The molecule has 3 aromatic rings. The van der Waals surface area contributed by atoms with Crippen LogP contribution in [-0.4, -0.2) is 46.5 Å². The van der Waals surface area contributed by atoms with Crippen molar-refractivity contribution in [3.05, 3.63) is 46.6 Å². The SMILES string of the molecule is CN1CCCC(C(=O)N/N=C\c2c(-c3ccccc3)nc3sc4c(n23)CCCC4)C1. The van der Waals surface area contributed by atoms with Crippen LogP contribution in [0.1, 0.15) is 41.9 Å². The average molecular weight is 422 g/mol. The summed E-state index contributed by atoms with van der Waals surface area (Å²) in [5, 5.41) is 4.38. The maximum absolute atomic E-state index is 12.6. The van der Waals surface area contributed by atoms with E-state index in [4.69, 9.17) is 4.98 Å². The maximum atomic E-state index is 12.6. The Morgan fingerprint density at radius 1 is 1.23 bits per heavy atom. The third kappa shape index (κ3) is 3.68.